The lowest BCUT2D eigenvalue weighted by atomic mass is 10.1. The Morgan fingerprint density at radius 2 is 2.39 bits per heavy atom. The third-order valence-corrected chi connectivity index (χ3v) is 5.84. The number of hydrogen-bond donors (Lipinski definition) is 1. The van der Waals surface area contributed by atoms with E-state index in [1.807, 2.05) is 23.5 Å². The van der Waals surface area contributed by atoms with Gasteiger partial charge in [-0.25, -0.2) is 4.39 Å². The number of nitrogens with one attached hydrogen (secondary N) is 1. The summed E-state index contributed by atoms with van der Waals surface area (Å²) < 4.78 is 12.8. The monoisotopic (exact) mass is 286 g/mol. The molecule has 1 aliphatic rings. The van der Waals surface area contributed by atoms with Gasteiger partial charge in [-0.3, -0.25) is 4.98 Å². The van der Waals surface area contributed by atoms with Crippen LogP contribution in [0, 0.1) is 5.82 Å². The van der Waals surface area contributed by atoms with E-state index >= 15 is 0 Å². The first kappa shape index (κ1) is 14.2. The van der Waals surface area contributed by atoms with E-state index in [0.29, 0.717) is 5.25 Å². The molecule has 2 heterocycles. The normalized spacial score (nSPS) is 21.8. The van der Waals surface area contributed by atoms with Gasteiger partial charge in [0, 0.05) is 35.1 Å². The average molecular weight is 286 g/mol. The molecule has 0 radical (unpaired) electrons. The van der Waals surface area contributed by atoms with Crippen LogP contribution in [0.3, 0.4) is 0 Å². The van der Waals surface area contributed by atoms with E-state index in [1.54, 1.807) is 6.07 Å². The van der Waals surface area contributed by atoms with Crippen LogP contribution in [0.15, 0.2) is 18.3 Å². The van der Waals surface area contributed by atoms with Crippen molar-refractivity contribution in [3.8, 4) is 0 Å². The first-order chi connectivity index (χ1) is 8.79. The highest BCUT2D eigenvalue weighted by molar-refractivity contribution is 8.06. The summed E-state index contributed by atoms with van der Waals surface area (Å²) >= 11 is 4.08. The molecule has 2 nitrogen and oxygen atoms in total. The Labute approximate surface area is 117 Å². The lowest BCUT2D eigenvalue weighted by Crippen LogP contribution is -2.32. The number of aromatic nitrogens is 1. The maximum atomic E-state index is 12.8. The summed E-state index contributed by atoms with van der Waals surface area (Å²) in [4.78, 5) is 4.16. The Morgan fingerprint density at radius 3 is 3.00 bits per heavy atom. The van der Waals surface area contributed by atoms with Crippen molar-refractivity contribution in [2.24, 2.45) is 0 Å². The summed E-state index contributed by atoms with van der Waals surface area (Å²) in [6.07, 6.45) is 2.27. The first-order valence-corrected chi connectivity index (χ1v) is 8.54. The maximum Gasteiger partial charge on any atom is 0.141 e. The SMILES string of the molecule is CCC(NCC1CSCCS1)c1ccc(F)cn1. The zero-order chi connectivity index (χ0) is 12.8. The van der Waals surface area contributed by atoms with Gasteiger partial charge in [-0.1, -0.05) is 6.92 Å². The van der Waals surface area contributed by atoms with Crippen LogP contribution in [0.5, 0.6) is 0 Å². The summed E-state index contributed by atoms with van der Waals surface area (Å²) in [7, 11) is 0. The minimum absolute atomic E-state index is 0.234. The van der Waals surface area contributed by atoms with Crippen LogP contribution in [0.25, 0.3) is 0 Å². The van der Waals surface area contributed by atoms with E-state index in [9.17, 15) is 4.39 Å². The molecular formula is C13H19FN2S2. The lowest BCUT2D eigenvalue weighted by molar-refractivity contribution is 0.508. The highest BCUT2D eigenvalue weighted by Crippen LogP contribution is 2.24. The van der Waals surface area contributed by atoms with Crippen molar-refractivity contribution in [3.05, 3.63) is 29.8 Å². The van der Waals surface area contributed by atoms with E-state index in [4.69, 9.17) is 0 Å². The summed E-state index contributed by atoms with van der Waals surface area (Å²) in [6, 6.07) is 3.50. The minimum Gasteiger partial charge on any atom is -0.307 e. The van der Waals surface area contributed by atoms with Gasteiger partial charge in [0.2, 0.25) is 0 Å². The van der Waals surface area contributed by atoms with E-state index in [-0.39, 0.29) is 11.9 Å². The number of pyridine rings is 1. The molecule has 0 aliphatic carbocycles. The first-order valence-electron chi connectivity index (χ1n) is 6.33. The Kier molecular flexibility index (Phi) is 5.79. The average Bonchev–Trinajstić information content (AvgIpc) is 2.42. The third kappa shape index (κ3) is 4.14. The molecule has 0 spiro atoms. The topological polar surface area (TPSA) is 24.9 Å². The molecule has 1 aromatic heterocycles. The molecule has 1 saturated heterocycles. The van der Waals surface area contributed by atoms with Crippen molar-refractivity contribution < 1.29 is 4.39 Å². The molecule has 2 unspecified atom stereocenters. The van der Waals surface area contributed by atoms with Crippen LogP contribution >= 0.6 is 23.5 Å². The number of rotatable bonds is 5. The van der Waals surface area contributed by atoms with Crippen molar-refractivity contribution in [2.75, 3.05) is 23.8 Å². The van der Waals surface area contributed by atoms with Crippen LogP contribution < -0.4 is 5.32 Å². The lowest BCUT2D eigenvalue weighted by Gasteiger charge is -2.24. The fourth-order valence-corrected chi connectivity index (χ4v) is 4.60. The molecule has 1 N–H and O–H groups in total. The highest BCUT2D eigenvalue weighted by Gasteiger charge is 2.17. The number of thioether (sulfide) groups is 2. The fraction of sp³-hybridized carbons (Fsp3) is 0.615. The molecule has 100 valence electrons. The van der Waals surface area contributed by atoms with Crippen molar-refractivity contribution in [2.45, 2.75) is 24.6 Å². The van der Waals surface area contributed by atoms with Crippen molar-refractivity contribution in [3.63, 3.8) is 0 Å². The maximum absolute atomic E-state index is 12.8. The second kappa shape index (κ2) is 7.36. The van der Waals surface area contributed by atoms with E-state index in [1.165, 1.54) is 29.5 Å². The molecule has 5 heteroatoms. The molecule has 18 heavy (non-hydrogen) atoms. The van der Waals surface area contributed by atoms with Crippen LogP contribution in [-0.2, 0) is 0 Å². The zero-order valence-corrected chi connectivity index (χ0v) is 12.2. The molecule has 0 bridgehead atoms. The van der Waals surface area contributed by atoms with Crippen LogP contribution in [0.4, 0.5) is 4.39 Å². The van der Waals surface area contributed by atoms with E-state index in [0.717, 1.165) is 18.7 Å². The quantitative estimate of drug-likeness (QED) is 0.899. The minimum atomic E-state index is -0.271. The Hall–Kier alpha value is -0.260. The van der Waals surface area contributed by atoms with Gasteiger partial charge >= 0.3 is 0 Å². The van der Waals surface area contributed by atoms with Gasteiger partial charge in [0.15, 0.2) is 0 Å². The zero-order valence-electron chi connectivity index (χ0n) is 10.6. The number of halogens is 1. The van der Waals surface area contributed by atoms with Crippen molar-refractivity contribution >= 4 is 23.5 Å². The van der Waals surface area contributed by atoms with Gasteiger partial charge in [0.05, 0.1) is 11.9 Å². The predicted molar refractivity (Wildman–Crippen MR) is 78.8 cm³/mol. The summed E-state index contributed by atoms with van der Waals surface area (Å²) in [5, 5.41) is 4.25. The van der Waals surface area contributed by atoms with E-state index < -0.39 is 0 Å². The van der Waals surface area contributed by atoms with Gasteiger partial charge in [0.1, 0.15) is 5.82 Å². The van der Waals surface area contributed by atoms with Gasteiger partial charge in [-0.05, 0) is 18.6 Å². The predicted octanol–water partition coefficient (Wildman–Crippen LogP) is 3.11. The number of nitrogens with zero attached hydrogens (tertiary/aromatic N) is 1. The highest BCUT2D eigenvalue weighted by atomic mass is 32.2. The molecule has 0 aromatic carbocycles. The Morgan fingerprint density at radius 1 is 1.50 bits per heavy atom. The molecule has 1 fully saturated rings. The van der Waals surface area contributed by atoms with Crippen LogP contribution in [0.1, 0.15) is 25.1 Å². The second-order valence-corrected chi connectivity index (χ2v) is 6.90. The van der Waals surface area contributed by atoms with Crippen LogP contribution in [0.2, 0.25) is 0 Å². The molecular weight excluding hydrogens is 267 g/mol. The summed E-state index contributed by atoms with van der Waals surface area (Å²) in [6.45, 7) is 3.14. The molecule has 0 amide bonds. The molecule has 1 aliphatic heterocycles. The third-order valence-electron chi connectivity index (χ3n) is 2.99. The molecule has 2 rings (SSSR count). The molecule has 1 aromatic rings. The Bertz CT molecular complexity index is 353. The van der Waals surface area contributed by atoms with E-state index in [2.05, 4.69) is 17.2 Å². The van der Waals surface area contributed by atoms with Crippen molar-refractivity contribution in [1.82, 2.24) is 10.3 Å². The number of hydrogen-bond acceptors (Lipinski definition) is 4. The second-order valence-electron chi connectivity index (χ2n) is 4.34. The van der Waals surface area contributed by atoms with Gasteiger partial charge in [-0.2, -0.15) is 23.5 Å². The van der Waals surface area contributed by atoms with Gasteiger partial charge in [-0.15, -0.1) is 0 Å². The standard InChI is InChI=1S/C13H19FN2S2/c1-2-12(13-4-3-10(14)7-15-13)16-8-11-9-17-5-6-18-11/h3-4,7,11-12,16H,2,5-6,8-9H2,1H3. The summed E-state index contributed by atoms with van der Waals surface area (Å²) in [5.41, 5.74) is 0.937. The molecule has 2 atom stereocenters. The van der Waals surface area contributed by atoms with Crippen LogP contribution in [-0.4, -0.2) is 34.0 Å². The Balaban J connectivity index is 1.86. The fourth-order valence-electron chi connectivity index (χ4n) is 1.98. The smallest absolute Gasteiger partial charge is 0.141 e. The largest absolute Gasteiger partial charge is 0.307 e. The van der Waals surface area contributed by atoms with Gasteiger partial charge in [0.25, 0.3) is 0 Å². The summed E-state index contributed by atoms with van der Waals surface area (Å²) in [5.74, 6) is 3.48. The molecule has 0 saturated carbocycles. The van der Waals surface area contributed by atoms with Crippen molar-refractivity contribution in [1.29, 1.82) is 0 Å². The van der Waals surface area contributed by atoms with Gasteiger partial charge < -0.3 is 5.32 Å².